The van der Waals surface area contributed by atoms with E-state index < -0.39 is 20.9 Å². The number of hydrogen-bond acceptors (Lipinski definition) is 5. The fraction of sp³-hybridized carbons (Fsp3) is 0.0556. The number of benzene rings is 3. The van der Waals surface area contributed by atoms with Crippen LogP contribution in [0.2, 0.25) is 0 Å². The smallest absolute Gasteiger partial charge is 0.0616 e. The minimum absolute atomic E-state index is 0.174. The SMILES string of the molecule is O=C1C(=CC2=CC3=C(C=C(N4c5cccnc5[Te]c5ncccc54)C3)C2)C(=O)c2c1c1ccccc1c1ccccc21. The summed E-state index contributed by atoms with van der Waals surface area (Å²) < 4.78 is 2.31. The van der Waals surface area contributed by atoms with Gasteiger partial charge in [0.15, 0.2) is 0 Å². The Labute approximate surface area is 251 Å². The fourth-order valence-corrected chi connectivity index (χ4v) is 9.47. The number of nitrogens with zero attached hydrogens (tertiary/aromatic N) is 3. The average Bonchev–Trinajstić information content (AvgIpc) is 3.67. The maximum absolute atomic E-state index is 13.8. The Hall–Kier alpha value is -4.63. The van der Waals surface area contributed by atoms with Crippen molar-refractivity contribution < 1.29 is 9.59 Å². The number of carbonyl (C=O) groups is 2. The number of allylic oxidation sites excluding steroid dienone is 7. The van der Waals surface area contributed by atoms with Crippen LogP contribution in [0, 0.1) is 0 Å². The van der Waals surface area contributed by atoms with E-state index in [0.717, 1.165) is 52.4 Å². The van der Waals surface area contributed by atoms with E-state index in [-0.39, 0.29) is 17.1 Å². The summed E-state index contributed by atoms with van der Waals surface area (Å²) in [6, 6.07) is 24.1. The summed E-state index contributed by atoms with van der Waals surface area (Å²) >= 11 is -0.646. The van der Waals surface area contributed by atoms with Crippen LogP contribution in [0.4, 0.5) is 11.4 Å². The van der Waals surface area contributed by atoms with Crippen LogP contribution < -0.4 is 12.4 Å². The van der Waals surface area contributed by atoms with Gasteiger partial charge >= 0.3 is 183 Å². The normalized spacial score (nSPS) is 17.0. The number of anilines is 2. The molecule has 42 heavy (non-hydrogen) atoms. The molecule has 0 radical (unpaired) electrons. The van der Waals surface area contributed by atoms with Crippen LogP contribution in [0.15, 0.2) is 131 Å². The van der Waals surface area contributed by atoms with Crippen LogP contribution in [-0.4, -0.2) is 42.5 Å². The molecule has 5 aromatic rings. The summed E-state index contributed by atoms with van der Waals surface area (Å²) in [5, 5.41) is 3.69. The average molecular weight is 655 g/mol. The predicted molar refractivity (Wildman–Crippen MR) is 166 cm³/mol. The minimum atomic E-state index is -0.646. The van der Waals surface area contributed by atoms with E-state index in [9.17, 15) is 9.59 Å². The third-order valence-corrected chi connectivity index (χ3v) is 11.4. The predicted octanol–water partition coefficient (Wildman–Crippen LogP) is 5.81. The van der Waals surface area contributed by atoms with E-state index in [0.29, 0.717) is 17.5 Å². The van der Waals surface area contributed by atoms with E-state index in [1.165, 1.54) is 16.8 Å². The van der Waals surface area contributed by atoms with Gasteiger partial charge in [-0.2, -0.15) is 0 Å². The molecule has 0 N–H and O–H groups in total. The number of rotatable bonds is 2. The van der Waals surface area contributed by atoms with Crippen LogP contribution in [0.3, 0.4) is 0 Å². The Bertz CT molecular complexity index is 2100. The Morgan fingerprint density at radius 1 is 0.643 bits per heavy atom. The van der Waals surface area contributed by atoms with Crippen molar-refractivity contribution in [2.24, 2.45) is 0 Å². The maximum atomic E-state index is 13.8. The van der Waals surface area contributed by atoms with Crippen LogP contribution in [0.25, 0.3) is 21.5 Å². The van der Waals surface area contributed by atoms with Crippen molar-refractivity contribution in [1.82, 2.24) is 9.97 Å². The second-order valence-corrected chi connectivity index (χ2v) is 13.7. The summed E-state index contributed by atoms with van der Waals surface area (Å²) in [5.74, 6) is -0.349. The van der Waals surface area contributed by atoms with Gasteiger partial charge in [0, 0.05) is 0 Å². The van der Waals surface area contributed by atoms with Gasteiger partial charge in [-0.25, -0.2) is 0 Å². The van der Waals surface area contributed by atoms with E-state index >= 15 is 0 Å². The third-order valence-electron chi connectivity index (χ3n) is 8.55. The summed E-state index contributed by atoms with van der Waals surface area (Å²) in [6.07, 6.45) is 11.5. The second-order valence-electron chi connectivity index (χ2n) is 10.9. The van der Waals surface area contributed by atoms with E-state index in [2.05, 4.69) is 29.2 Å². The Balaban J connectivity index is 1.06. The summed E-state index contributed by atoms with van der Waals surface area (Å²) in [5.41, 5.74) is 8.33. The van der Waals surface area contributed by atoms with Gasteiger partial charge in [-0.3, -0.25) is 0 Å². The van der Waals surface area contributed by atoms with Gasteiger partial charge in [-0.05, 0) is 21.5 Å². The molecule has 0 spiro atoms. The molecule has 3 heterocycles. The number of Topliss-reactive ketones (excluding diaryl/α,β-unsaturated/α-hetero) is 2. The van der Waals surface area contributed by atoms with Gasteiger partial charge < -0.3 is 0 Å². The molecule has 0 atom stereocenters. The molecule has 2 aromatic heterocycles. The summed E-state index contributed by atoms with van der Waals surface area (Å²) in [4.78, 5) is 39.4. The monoisotopic (exact) mass is 657 g/mol. The molecular weight excluding hydrogens is 634 g/mol. The summed E-state index contributed by atoms with van der Waals surface area (Å²) in [7, 11) is 0. The summed E-state index contributed by atoms with van der Waals surface area (Å²) in [6.45, 7) is 0. The molecule has 0 saturated carbocycles. The van der Waals surface area contributed by atoms with Crippen LogP contribution >= 0.6 is 0 Å². The molecule has 0 unspecified atom stereocenters. The Kier molecular flexibility index (Phi) is 5.11. The number of hydrogen-bond donors (Lipinski definition) is 0. The van der Waals surface area contributed by atoms with E-state index in [1.54, 1.807) is 0 Å². The number of aromatic nitrogens is 2. The van der Waals surface area contributed by atoms with Crippen molar-refractivity contribution in [3.8, 4) is 0 Å². The van der Waals surface area contributed by atoms with Gasteiger partial charge in [-0.1, -0.05) is 48.5 Å². The molecule has 198 valence electrons. The first kappa shape index (κ1) is 24.0. The number of carbonyl (C=O) groups excluding carboxylic acids is 2. The van der Waals surface area contributed by atoms with E-state index in [1.807, 2.05) is 79.1 Å². The Morgan fingerprint density at radius 2 is 1.19 bits per heavy atom. The first-order valence-electron chi connectivity index (χ1n) is 13.9. The third kappa shape index (κ3) is 3.37. The molecule has 0 bridgehead atoms. The Morgan fingerprint density at radius 3 is 1.76 bits per heavy atom. The number of fused-ring (bicyclic) bond motifs is 8. The van der Waals surface area contributed by atoms with Crippen LogP contribution in [0.5, 0.6) is 0 Å². The quantitative estimate of drug-likeness (QED) is 0.104. The molecule has 3 aromatic carbocycles. The molecule has 1 aliphatic heterocycles. The van der Waals surface area contributed by atoms with Crippen LogP contribution in [0.1, 0.15) is 33.6 Å². The van der Waals surface area contributed by atoms with Crippen molar-refractivity contribution in [3.63, 3.8) is 0 Å². The topological polar surface area (TPSA) is 63.2 Å². The molecule has 5 nitrogen and oxygen atoms in total. The zero-order chi connectivity index (χ0) is 27.9. The zero-order valence-corrected chi connectivity index (χ0v) is 24.6. The van der Waals surface area contributed by atoms with Crippen molar-refractivity contribution in [1.29, 1.82) is 0 Å². The molecule has 0 saturated heterocycles. The fourth-order valence-electron chi connectivity index (χ4n) is 6.79. The molecule has 6 heteroatoms. The molecule has 9 rings (SSSR count). The van der Waals surface area contributed by atoms with Gasteiger partial charge in [0.1, 0.15) is 0 Å². The van der Waals surface area contributed by atoms with E-state index in [4.69, 9.17) is 9.97 Å². The molecule has 0 amide bonds. The van der Waals surface area contributed by atoms with Crippen molar-refractivity contribution >= 4 is 72.9 Å². The van der Waals surface area contributed by atoms with Crippen molar-refractivity contribution in [2.75, 3.05) is 4.90 Å². The molecule has 3 aliphatic carbocycles. The van der Waals surface area contributed by atoms with Gasteiger partial charge in [0.2, 0.25) is 0 Å². The molecule has 4 aliphatic rings. The first-order chi connectivity index (χ1) is 20.7. The minimum Gasteiger partial charge on any atom is -0.0616 e. The van der Waals surface area contributed by atoms with Crippen molar-refractivity contribution in [2.45, 2.75) is 12.8 Å². The zero-order valence-electron chi connectivity index (χ0n) is 22.3. The van der Waals surface area contributed by atoms with Gasteiger partial charge in [-0.15, -0.1) is 0 Å². The second kappa shape index (κ2) is 8.93. The molecule has 0 fully saturated rings. The standard InChI is InChI=1S/C36H21N3O2Te/c40-33-28(34(41)32-27-10-4-2-8-25(27)24-7-1-3-9-26(24)31(32)33)17-20-15-21-18-23(19-22(21)16-20)39-29-11-5-13-37-35(29)42-36-30(39)12-6-14-38-36/h1-15,17,19H,16,18H2. The first-order valence-corrected chi connectivity index (χ1v) is 16.2. The number of pyridine rings is 2. The van der Waals surface area contributed by atoms with Crippen molar-refractivity contribution in [3.05, 3.63) is 143 Å². The van der Waals surface area contributed by atoms with Gasteiger partial charge in [0.25, 0.3) is 0 Å². The van der Waals surface area contributed by atoms with Gasteiger partial charge in [0.05, 0.1) is 0 Å². The van der Waals surface area contributed by atoms with Crippen LogP contribution in [-0.2, 0) is 0 Å². The number of ketones is 2. The molecular formula is C36H21N3O2Te.